The van der Waals surface area contributed by atoms with Crippen molar-refractivity contribution in [3.05, 3.63) is 107 Å². The Kier molecular flexibility index (Phi) is 16.3. The molecule has 2 bridgehead atoms. The summed E-state index contributed by atoms with van der Waals surface area (Å²) >= 11 is 0. The zero-order valence-corrected chi connectivity index (χ0v) is 47.2. The predicted octanol–water partition coefficient (Wildman–Crippen LogP) is 8.04. The highest BCUT2D eigenvalue weighted by atomic mass is 19.1. The average molecular weight is 1160 g/mol. The Morgan fingerprint density at radius 3 is 2.33 bits per heavy atom. The Hall–Kier alpha value is -7.51. The molecule has 4 aromatic carbocycles. The number of benzene rings is 4. The van der Waals surface area contributed by atoms with Crippen LogP contribution >= 0.6 is 0 Å². The second kappa shape index (κ2) is 23.5. The number of hydrogen-bond donors (Lipinski definition) is 5. The molecule has 21 heteroatoms. The van der Waals surface area contributed by atoms with E-state index in [9.17, 15) is 33.4 Å². The molecular formula is C63H68F5N9O7. The maximum Gasteiger partial charge on any atom is 0.319 e. The van der Waals surface area contributed by atoms with Crippen molar-refractivity contribution in [2.45, 2.75) is 121 Å². The summed E-state index contributed by atoms with van der Waals surface area (Å²) in [6.07, 6.45) is 7.80. The molecule has 8 atom stereocenters. The minimum Gasteiger partial charge on any atom is -0.508 e. The fraction of sp³-hybridized carbons (Fsp3) is 0.460. The van der Waals surface area contributed by atoms with Gasteiger partial charge in [-0.3, -0.25) is 24.3 Å². The summed E-state index contributed by atoms with van der Waals surface area (Å²) in [5, 5.41) is 31.8. The Balaban J connectivity index is 0.694. The summed E-state index contributed by atoms with van der Waals surface area (Å²) in [6.45, 7) is 9.32. The Morgan fingerprint density at radius 1 is 0.929 bits per heavy atom. The van der Waals surface area contributed by atoms with Crippen molar-refractivity contribution in [2.24, 2.45) is 10.8 Å². The van der Waals surface area contributed by atoms with Crippen molar-refractivity contribution in [3.63, 3.8) is 0 Å². The number of piperazine rings is 1. The third-order valence-corrected chi connectivity index (χ3v) is 17.2. The van der Waals surface area contributed by atoms with Crippen molar-refractivity contribution in [2.75, 3.05) is 57.4 Å². The number of fused-ring (bicyclic) bond motifs is 4. The highest BCUT2D eigenvalue weighted by molar-refractivity contribution is 6.03. The molecule has 5 unspecified atom stereocenters. The molecule has 0 spiro atoms. The zero-order valence-electron chi connectivity index (χ0n) is 47.2. The number of nitrogens with zero attached hydrogens (tertiary/aromatic N) is 6. The number of aliphatic hydroxyl groups is 1. The number of carbonyl (C=O) groups excluding carboxylic acids is 3. The number of carbonyl (C=O) groups is 3. The van der Waals surface area contributed by atoms with Gasteiger partial charge in [0.25, 0.3) is 0 Å². The Morgan fingerprint density at radius 2 is 1.65 bits per heavy atom. The highest BCUT2D eigenvalue weighted by Gasteiger charge is 2.48. The van der Waals surface area contributed by atoms with Crippen molar-refractivity contribution in [1.82, 2.24) is 40.7 Å². The van der Waals surface area contributed by atoms with Gasteiger partial charge < -0.3 is 45.4 Å². The molecule has 4 saturated heterocycles. The lowest BCUT2D eigenvalue weighted by Crippen LogP contribution is -2.58. The van der Waals surface area contributed by atoms with Crippen LogP contribution in [0.5, 0.6) is 11.8 Å². The van der Waals surface area contributed by atoms with Gasteiger partial charge in [0, 0.05) is 86.8 Å². The van der Waals surface area contributed by atoms with Gasteiger partial charge in [-0.1, -0.05) is 63.1 Å². The SMILES string of the molecule is C#Cc1c(F)ccc2cc(O)cc(-c3ncc4c(N5CC6CCC(C5)N6)nc(OCC5(CN6CCC(OCCC(=O)N[C@H](C(=O)N7CC(O)C[C@H]7C(=O)N[C@@H](C)c7ccc(-c8c(F)cccc8F)cc7)C(C)(C)C)C(F)C6)CC5)nc4c3F)c12. The first-order valence-corrected chi connectivity index (χ1v) is 28.7. The van der Waals surface area contributed by atoms with Gasteiger partial charge in [-0.05, 0) is 91.3 Å². The van der Waals surface area contributed by atoms with E-state index in [-0.39, 0.29) is 102 Å². The number of nitrogens with one attached hydrogen (secondary N) is 3. The lowest BCUT2D eigenvalue weighted by Gasteiger charge is -2.37. The highest BCUT2D eigenvalue weighted by Crippen LogP contribution is 2.47. The number of halogens is 5. The summed E-state index contributed by atoms with van der Waals surface area (Å²) in [4.78, 5) is 61.0. The molecule has 0 radical (unpaired) electrons. The fourth-order valence-corrected chi connectivity index (χ4v) is 12.5. The molecule has 5 N–H and O–H groups in total. The van der Waals surface area contributed by atoms with Crippen molar-refractivity contribution < 1.29 is 56.0 Å². The summed E-state index contributed by atoms with van der Waals surface area (Å²) in [6, 6.07) is 13.1. The Labute approximate surface area is 483 Å². The minimum absolute atomic E-state index is 0.0307. The third kappa shape index (κ3) is 12.1. The van der Waals surface area contributed by atoms with E-state index in [1.54, 1.807) is 52.0 Å². The lowest BCUT2D eigenvalue weighted by atomic mass is 9.85. The minimum atomic E-state index is -1.37. The van der Waals surface area contributed by atoms with E-state index in [0.29, 0.717) is 60.3 Å². The first-order valence-electron chi connectivity index (χ1n) is 28.7. The number of β-amino-alcohol motifs (C(OH)–C–C–N with tert-alkyl or cyclic N) is 1. The number of aromatic nitrogens is 3. The van der Waals surface area contributed by atoms with Gasteiger partial charge in [0.05, 0.1) is 48.0 Å². The molecule has 4 aliphatic heterocycles. The number of pyridine rings is 1. The molecule has 3 amide bonds. The van der Waals surface area contributed by atoms with Crippen LogP contribution in [-0.4, -0.2) is 148 Å². The number of terminal acetylenes is 1. The number of rotatable bonds is 17. The molecule has 6 heterocycles. The topological polar surface area (TPSA) is 195 Å². The molecular weight excluding hydrogens is 1090 g/mol. The van der Waals surface area contributed by atoms with Crippen LogP contribution in [0.15, 0.2) is 72.9 Å². The average Bonchev–Trinajstić information content (AvgIpc) is 1.30. The number of phenolic OH excluding ortho intramolecular Hbond substituents is 1. The molecule has 84 heavy (non-hydrogen) atoms. The van der Waals surface area contributed by atoms with Crippen LogP contribution < -0.4 is 25.6 Å². The normalized spacial score (nSPS) is 22.9. The smallest absolute Gasteiger partial charge is 0.319 e. The van der Waals surface area contributed by atoms with Gasteiger partial charge in [-0.2, -0.15) is 9.97 Å². The van der Waals surface area contributed by atoms with E-state index in [1.165, 1.54) is 53.6 Å². The van der Waals surface area contributed by atoms with Crippen LogP contribution in [0.4, 0.5) is 27.8 Å². The number of amides is 3. The van der Waals surface area contributed by atoms with Crippen LogP contribution in [0, 0.1) is 46.4 Å². The van der Waals surface area contributed by atoms with E-state index in [0.717, 1.165) is 25.7 Å². The zero-order chi connectivity index (χ0) is 59.4. The number of ether oxygens (including phenoxy) is 2. The van der Waals surface area contributed by atoms with Crippen LogP contribution in [0.25, 0.3) is 44.1 Å². The molecule has 16 nitrogen and oxygen atoms in total. The third-order valence-electron chi connectivity index (χ3n) is 17.2. The number of anilines is 1. The summed E-state index contributed by atoms with van der Waals surface area (Å²) in [5.41, 5.74) is -0.628. The van der Waals surface area contributed by atoms with Crippen LogP contribution in [0.2, 0.25) is 0 Å². The van der Waals surface area contributed by atoms with Crippen LogP contribution in [-0.2, 0) is 19.1 Å². The largest absolute Gasteiger partial charge is 0.508 e. The standard InChI is InChI=1S/C63H68F5N9O7/c1-6-42-45(64)17-14-37-24-40(78)25-43(52(37)42)55-54(68)56-44(27-69-55)58(76-28-38-15-16-39(29-76)71-38)74-61(73-56)84-33-63(20-21-63)32-75-22-18-50(48(67)31-75)83-23-19-51(80)72-57(62(3,4)5)60(82)77-30-41(79)26-49(77)59(81)70-34(2)35-10-12-36(13-11-35)53-46(65)8-7-9-47(53)66/h1,7-14,17,24-25,27,34,38-39,41,48-50,57,71,78-79H,15-16,18-23,26,28-33H2,2-5H3,(H,70,81)(H,72,80)/t34-,38?,39?,41?,48?,49-,50?,57+/m0/s1. The number of phenols is 1. The number of aromatic hydroxyl groups is 1. The number of likely N-dealkylation sites (tertiary alicyclic amines) is 2. The monoisotopic (exact) mass is 1160 g/mol. The molecule has 1 aliphatic carbocycles. The van der Waals surface area contributed by atoms with Gasteiger partial charge in [0.1, 0.15) is 58.5 Å². The van der Waals surface area contributed by atoms with Crippen molar-refractivity contribution >= 4 is 45.2 Å². The Bertz CT molecular complexity index is 3530. The van der Waals surface area contributed by atoms with Crippen LogP contribution in [0.3, 0.4) is 0 Å². The quantitative estimate of drug-likeness (QED) is 0.0436. The molecule has 1 saturated carbocycles. The van der Waals surface area contributed by atoms with Gasteiger partial charge >= 0.3 is 6.01 Å². The number of hydrogen-bond acceptors (Lipinski definition) is 13. The predicted molar refractivity (Wildman–Crippen MR) is 305 cm³/mol. The van der Waals surface area contributed by atoms with E-state index in [2.05, 4.69) is 36.7 Å². The molecule has 2 aromatic heterocycles. The summed E-state index contributed by atoms with van der Waals surface area (Å²) in [7, 11) is 0. The summed E-state index contributed by atoms with van der Waals surface area (Å²) < 4.78 is 89.5. The first kappa shape index (κ1) is 58.3. The van der Waals surface area contributed by atoms with E-state index >= 15 is 13.2 Å². The number of aliphatic hydroxyl groups excluding tert-OH is 1. The van der Waals surface area contributed by atoms with Gasteiger partial charge in [0.2, 0.25) is 17.7 Å². The van der Waals surface area contributed by atoms with Crippen LogP contribution in [0.1, 0.15) is 89.8 Å². The molecule has 5 fully saturated rings. The van der Waals surface area contributed by atoms with Crippen molar-refractivity contribution in [1.29, 1.82) is 0 Å². The van der Waals surface area contributed by atoms with E-state index in [4.69, 9.17) is 20.9 Å². The van der Waals surface area contributed by atoms with Gasteiger partial charge in [0.15, 0.2) is 5.82 Å². The van der Waals surface area contributed by atoms with Gasteiger partial charge in [-0.25, -0.2) is 22.0 Å². The lowest BCUT2D eigenvalue weighted by molar-refractivity contribution is -0.144. The first-order chi connectivity index (χ1) is 40.1. The maximum absolute atomic E-state index is 17.2. The second-order valence-corrected chi connectivity index (χ2v) is 24.4. The molecule has 442 valence electrons. The van der Waals surface area contributed by atoms with Crippen molar-refractivity contribution in [3.8, 4) is 46.5 Å². The van der Waals surface area contributed by atoms with E-state index < -0.39 is 82.9 Å². The maximum atomic E-state index is 17.2. The summed E-state index contributed by atoms with van der Waals surface area (Å²) in [5.74, 6) is -1.84. The fourth-order valence-electron chi connectivity index (χ4n) is 12.5. The van der Waals surface area contributed by atoms with Gasteiger partial charge in [-0.15, -0.1) is 6.42 Å². The molecule has 6 aromatic rings. The number of piperidine rings is 1. The molecule has 11 rings (SSSR count). The molecule has 5 aliphatic rings. The second-order valence-electron chi connectivity index (χ2n) is 24.4. The van der Waals surface area contributed by atoms with E-state index in [1.807, 2.05) is 4.90 Å². The number of alkyl halides is 1.